The molecule has 130 valence electrons. The number of hydrogen-bond donors (Lipinski definition) is 2. The third-order valence-corrected chi connectivity index (χ3v) is 3.57. The predicted molar refractivity (Wildman–Crippen MR) is 91.6 cm³/mol. The van der Waals surface area contributed by atoms with Crippen molar-refractivity contribution in [1.29, 1.82) is 0 Å². The minimum absolute atomic E-state index is 0.00124. The first-order chi connectivity index (χ1) is 12.0. The Kier molecular flexibility index (Phi) is 6.54. The van der Waals surface area contributed by atoms with E-state index in [1.807, 2.05) is 6.07 Å². The molecule has 2 N–H and O–H groups in total. The van der Waals surface area contributed by atoms with Crippen molar-refractivity contribution in [3.8, 4) is 0 Å². The molecule has 0 bridgehead atoms. The Morgan fingerprint density at radius 2 is 1.80 bits per heavy atom. The summed E-state index contributed by atoms with van der Waals surface area (Å²) in [5, 5.41) is 11.8. The van der Waals surface area contributed by atoms with Gasteiger partial charge in [0.1, 0.15) is 12.6 Å². The second-order valence-corrected chi connectivity index (χ2v) is 5.67. The summed E-state index contributed by atoms with van der Waals surface area (Å²) < 4.78 is 4.97. The lowest BCUT2D eigenvalue weighted by molar-refractivity contribution is -0.139. The molecule has 0 heterocycles. The summed E-state index contributed by atoms with van der Waals surface area (Å²) >= 11 is 5.81. The lowest BCUT2D eigenvalue weighted by atomic mass is 10.0. The summed E-state index contributed by atoms with van der Waals surface area (Å²) in [6.07, 6.45) is -1.31. The van der Waals surface area contributed by atoms with Crippen LogP contribution in [-0.4, -0.2) is 29.0 Å². The Labute approximate surface area is 149 Å². The molecule has 1 amide bonds. The molecule has 1 atom stereocenters. The number of carbonyl (C=O) groups is 3. The molecular weight excluding hydrogens is 346 g/mol. The molecule has 0 aliphatic carbocycles. The molecule has 1 unspecified atom stereocenters. The molecule has 0 aliphatic heterocycles. The van der Waals surface area contributed by atoms with E-state index in [9.17, 15) is 19.5 Å². The fourth-order valence-corrected chi connectivity index (χ4v) is 2.26. The van der Waals surface area contributed by atoms with Gasteiger partial charge in [-0.1, -0.05) is 54.1 Å². The average Bonchev–Trinajstić information content (AvgIpc) is 2.60. The number of hydrogen-bond acceptors (Lipinski definition) is 4. The number of benzene rings is 2. The summed E-state index contributed by atoms with van der Waals surface area (Å²) in [4.78, 5) is 35.2. The first-order valence-electron chi connectivity index (χ1n) is 7.44. The highest BCUT2D eigenvalue weighted by molar-refractivity contribution is 6.31. The van der Waals surface area contributed by atoms with Crippen molar-refractivity contribution in [3.63, 3.8) is 0 Å². The Hall–Kier alpha value is -2.86. The Balaban J connectivity index is 1.92. The van der Waals surface area contributed by atoms with Crippen LogP contribution in [0, 0.1) is 0 Å². The fourth-order valence-electron chi connectivity index (χ4n) is 2.07. The van der Waals surface area contributed by atoms with Crippen molar-refractivity contribution in [1.82, 2.24) is 5.32 Å². The smallest absolute Gasteiger partial charge is 0.408 e. The highest BCUT2D eigenvalue weighted by Gasteiger charge is 2.24. The van der Waals surface area contributed by atoms with Gasteiger partial charge in [0, 0.05) is 17.0 Å². The first-order valence-corrected chi connectivity index (χ1v) is 7.82. The number of carboxylic acid groups (broad SMARTS) is 1. The van der Waals surface area contributed by atoms with Gasteiger partial charge < -0.3 is 15.2 Å². The summed E-state index contributed by atoms with van der Waals surface area (Å²) in [7, 11) is 0. The molecule has 0 saturated heterocycles. The highest BCUT2D eigenvalue weighted by atomic mass is 35.5. The van der Waals surface area contributed by atoms with E-state index in [2.05, 4.69) is 5.32 Å². The van der Waals surface area contributed by atoms with Gasteiger partial charge in [0.25, 0.3) is 0 Å². The summed E-state index contributed by atoms with van der Waals surface area (Å²) in [5.74, 6) is -1.77. The van der Waals surface area contributed by atoms with E-state index in [-0.39, 0.29) is 12.2 Å². The van der Waals surface area contributed by atoms with Crippen LogP contribution < -0.4 is 5.32 Å². The number of ketones is 1. The van der Waals surface area contributed by atoms with Crippen LogP contribution in [0.25, 0.3) is 0 Å². The maximum absolute atomic E-state index is 12.2. The van der Waals surface area contributed by atoms with Crippen LogP contribution in [0.1, 0.15) is 22.3 Å². The number of halogens is 1. The standard InChI is InChI=1S/C18H16ClNO5/c19-14-8-4-7-13(9-14)16(21)10-15(17(22)23)20-18(24)25-11-12-5-2-1-3-6-12/h1-9,15H,10-11H2,(H,20,24)(H,22,23). The zero-order valence-electron chi connectivity index (χ0n) is 13.1. The van der Waals surface area contributed by atoms with Crippen molar-refractivity contribution >= 4 is 29.4 Å². The Bertz CT molecular complexity index is 763. The van der Waals surface area contributed by atoms with Crippen LogP contribution in [0.4, 0.5) is 4.79 Å². The number of Topliss-reactive ketones (excluding diaryl/α,β-unsaturated/α-hetero) is 1. The predicted octanol–water partition coefficient (Wildman–Crippen LogP) is 3.29. The van der Waals surface area contributed by atoms with Gasteiger partial charge in [-0.15, -0.1) is 0 Å². The van der Waals surface area contributed by atoms with Crippen molar-refractivity contribution < 1.29 is 24.2 Å². The Morgan fingerprint density at radius 3 is 2.44 bits per heavy atom. The molecule has 7 heteroatoms. The van der Waals surface area contributed by atoms with E-state index < -0.39 is 30.3 Å². The van der Waals surface area contributed by atoms with Gasteiger partial charge in [-0.05, 0) is 17.7 Å². The van der Waals surface area contributed by atoms with E-state index in [1.165, 1.54) is 12.1 Å². The maximum Gasteiger partial charge on any atom is 0.408 e. The maximum atomic E-state index is 12.2. The normalized spacial score (nSPS) is 11.4. The molecular formula is C18H16ClNO5. The van der Waals surface area contributed by atoms with Crippen molar-refractivity contribution in [3.05, 3.63) is 70.7 Å². The molecule has 0 aliphatic rings. The molecule has 0 saturated carbocycles. The van der Waals surface area contributed by atoms with Crippen LogP contribution in [0.5, 0.6) is 0 Å². The number of ether oxygens (including phenoxy) is 1. The van der Waals surface area contributed by atoms with Crippen LogP contribution in [0.3, 0.4) is 0 Å². The van der Waals surface area contributed by atoms with Gasteiger partial charge in [-0.2, -0.15) is 0 Å². The van der Waals surface area contributed by atoms with Crippen molar-refractivity contribution in [2.75, 3.05) is 0 Å². The molecule has 6 nitrogen and oxygen atoms in total. The van der Waals surface area contributed by atoms with E-state index in [0.29, 0.717) is 5.02 Å². The Morgan fingerprint density at radius 1 is 1.08 bits per heavy atom. The van der Waals surface area contributed by atoms with E-state index >= 15 is 0 Å². The minimum Gasteiger partial charge on any atom is -0.480 e. The van der Waals surface area contributed by atoms with Crippen molar-refractivity contribution in [2.45, 2.75) is 19.1 Å². The first kappa shape index (κ1) is 18.5. The van der Waals surface area contributed by atoms with E-state index in [4.69, 9.17) is 16.3 Å². The van der Waals surface area contributed by atoms with E-state index in [1.54, 1.807) is 36.4 Å². The molecule has 2 aromatic carbocycles. The molecule has 0 radical (unpaired) electrons. The quantitative estimate of drug-likeness (QED) is 0.738. The fraction of sp³-hybridized carbons (Fsp3) is 0.167. The molecule has 25 heavy (non-hydrogen) atoms. The minimum atomic E-state index is -1.39. The lowest BCUT2D eigenvalue weighted by Crippen LogP contribution is -2.42. The van der Waals surface area contributed by atoms with Crippen LogP contribution in [0.15, 0.2) is 54.6 Å². The van der Waals surface area contributed by atoms with Gasteiger partial charge in [-0.25, -0.2) is 9.59 Å². The highest BCUT2D eigenvalue weighted by Crippen LogP contribution is 2.13. The summed E-state index contributed by atoms with van der Waals surface area (Å²) in [6, 6.07) is 13.7. The van der Waals surface area contributed by atoms with Crippen LogP contribution >= 0.6 is 11.6 Å². The van der Waals surface area contributed by atoms with Gasteiger partial charge >= 0.3 is 12.1 Å². The van der Waals surface area contributed by atoms with E-state index in [0.717, 1.165) is 5.56 Å². The molecule has 2 rings (SSSR count). The molecule has 0 aromatic heterocycles. The van der Waals surface area contributed by atoms with Gasteiger partial charge in [0.15, 0.2) is 5.78 Å². The number of nitrogens with one attached hydrogen (secondary N) is 1. The second-order valence-electron chi connectivity index (χ2n) is 5.23. The monoisotopic (exact) mass is 361 g/mol. The molecule has 2 aromatic rings. The number of rotatable bonds is 7. The average molecular weight is 362 g/mol. The zero-order chi connectivity index (χ0) is 18.2. The zero-order valence-corrected chi connectivity index (χ0v) is 13.9. The van der Waals surface area contributed by atoms with Gasteiger partial charge in [0.05, 0.1) is 0 Å². The topological polar surface area (TPSA) is 92.7 Å². The number of carboxylic acids is 1. The van der Waals surface area contributed by atoms with Gasteiger partial charge in [-0.3, -0.25) is 4.79 Å². The number of carbonyl (C=O) groups excluding carboxylic acids is 2. The van der Waals surface area contributed by atoms with Crippen molar-refractivity contribution in [2.24, 2.45) is 0 Å². The second kappa shape index (κ2) is 8.84. The lowest BCUT2D eigenvalue weighted by Gasteiger charge is -2.14. The largest absolute Gasteiger partial charge is 0.480 e. The van der Waals surface area contributed by atoms with Crippen LogP contribution in [-0.2, 0) is 16.1 Å². The summed E-state index contributed by atoms with van der Waals surface area (Å²) in [6.45, 7) is 0.00124. The number of amides is 1. The number of aliphatic carboxylic acids is 1. The molecule has 0 spiro atoms. The third-order valence-electron chi connectivity index (χ3n) is 3.34. The van der Waals surface area contributed by atoms with Gasteiger partial charge in [0.2, 0.25) is 0 Å². The summed E-state index contributed by atoms with van der Waals surface area (Å²) in [5.41, 5.74) is 1.04. The number of alkyl carbamates (subject to hydrolysis) is 1. The third kappa shape index (κ3) is 5.93. The SMILES string of the molecule is O=C(NC(CC(=O)c1cccc(Cl)c1)C(=O)O)OCc1ccccc1. The van der Waals surface area contributed by atoms with Crippen LogP contribution in [0.2, 0.25) is 5.02 Å². The molecule has 0 fully saturated rings.